The minimum atomic E-state index is -0.503. The van der Waals surface area contributed by atoms with Crippen molar-refractivity contribution in [2.45, 2.75) is 50.0 Å². The average molecular weight is 411 g/mol. The number of nitrogens with one attached hydrogen (secondary N) is 1. The molecular weight excluding hydrogens is 388 g/mol. The van der Waals surface area contributed by atoms with Crippen molar-refractivity contribution < 1.29 is 14.3 Å². The zero-order chi connectivity index (χ0) is 20.0. The number of ether oxygens (including phenoxy) is 1. The molecule has 2 aliphatic carbocycles. The number of fused-ring (bicyclic) bond motifs is 1. The number of carbonyl (C=O) groups is 2. The van der Waals surface area contributed by atoms with Crippen LogP contribution in [0.2, 0.25) is 5.02 Å². The molecule has 0 bridgehead atoms. The van der Waals surface area contributed by atoms with E-state index in [4.69, 9.17) is 16.3 Å². The Bertz CT molecular complexity index is 965. The zero-order valence-electron chi connectivity index (χ0n) is 16.1. The molecule has 5 nitrogen and oxygen atoms in total. The normalized spacial score (nSPS) is 19.3. The van der Waals surface area contributed by atoms with Crippen LogP contribution in [0.1, 0.15) is 43.2 Å². The Labute approximate surface area is 175 Å². The summed E-state index contributed by atoms with van der Waals surface area (Å²) in [6.07, 6.45) is 5.27. The van der Waals surface area contributed by atoms with Gasteiger partial charge in [0.2, 0.25) is 5.91 Å². The van der Waals surface area contributed by atoms with Gasteiger partial charge in [0.1, 0.15) is 6.10 Å². The number of nitrogens with zero attached hydrogens (tertiary/aromatic N) is 1. The maximum Gasteiger partial charge on any atom is 0.414 e. The maximum atomic E-state index is 13.2. The molecule has 0 unspecified atom stereocenters. The zero-order valence-corrected chi connectivity index (χ0v) is 16.9. The predicted octanol–water partition coefficient (Wildman–Crippen LogP) is 5.06. The van der Waals surface area contributed by atoms with Gasteiger partial charge in [-0.2, -0.15) is 0 Å². The predicted molar refractivity (Wildman–Crippen MR) is 113 cm³/mol. The van der Waals surface area contributed by atoms with E-state index in [-0.39, 0.29) is 18.1 Å². The molecule has 5 rings (SSSR count). The van der Waals surface area contributed by atoms with E-state index < -0.39 is 5.41 Å². The van der Waals surface area contributed by atoms with E-state index in [2.05, 4.69) is 11.4 Å². The number of halogens is 1. The molecule has 0 aromatic heterocycles. The molecule has 2 fully saturated rings. The number of hydrogen-bond donors (Lipinski definition) is 1. The summed E-state index contributed by atoms with van der Waals surface area (Å²) >= 11 is 5.94. The fraction of sp³-hybridized carbons (Fsp3) is 0.391. The Balaban J connectivity index is 1.37. The molecule has 2 amide bonds. The second-order valence-electron chi connectivity index (χ2n) is 8.22. The lowest BCUT2D eigenvalue weighted by molar-refractivity contribution is -0.124. The Morgan fingerprint density at radius 3 is 2.52 bits per heavy atom. The van der Waals surface area contributed by atoms with Crippen molar-refractivity contribution in [1.29, 1.82) is 0 Å². The van der Waals surface area contributed by atoms with Gasteiger partial charge < -0.3 is 10.1 Å². The van der Waals surface area contributed by atoms with Crippen molar-refractivity contribution in [3.63, 3.8) is 0 Å². The fourth-order valence-electron chi connectivity index (χ4n) is 4.24. The largest absolute Gasteiger partial charge is 0.446 e. The van der Waals surface area contributed by atoms with Crippen LogP contribution in [0.3, 0.4) is 0 Å². The molecule has 2 saturated carbocycles. The molecule has 0 saturated heterocycles. The van der Waals surface area contributed by atoms with E-state index in [0.717, 1.165) is 61.0 Å². The van der Waals surface area contributed by atoms with Gasteiger partial charge in [-0.05, 0) is 73.6 Å². The van der Waals surface area contributed by atoms with Crippen molar-refractivity contribution in [2.24, 2.45) is 0 Å². The first-order valence-electron chi connectivity index (χ1n) is 10.2. The second kappa shape index (κ2) is 7.06. The van der Waals surface area contributed by atoms with Crippen LogP contribution in [0.4, 0.5) is 16.2 Å². The van der Waals surface area contributed by atoms with Crippen LogP contribution >= 0.6 is 11.6 Å². The van der Waals surface area contributed by atoms with Crippen molar-refractivity contribution in [1.82, 2.24) is 0 Å². The average Bonchev–Trinajstić information content (AvgIpc) is 3.38. The summed E-state index contributed by atoms with van der Waals surface area (Å²) < 4.78 is 5.46. The molecule has 150 valence electrons. The van der Waals surface area contributed by atoms with E-state index in [1.807, 2.05) is 24.3 Å². The summed E-state index contributed by atoms with van der Waals surface area (Å²) in [5.74, 6) is 0.0222. The fourth-order valence-corrected chi connectivity index (χ4v) is 4.37. The summed E-state index contributed by atoms with van der Waals surface area (Å²) in [5.41, 5.74) is 3.30. The number of anilines is 2. The number of carbonyl (C=O) groups excluding carboxylic acids is 2. The van der Waals surface area contributed by atoms with Crippen LogP contribution in [0, 0.1) is 0 Å². The SMILES string of the molecule is O=C(OC1CC1)N1CCc2cc(C3(C(=O)Nc4ccc(Cl)cc4)CCC3)ccc21. The standard InChI is InChI=1S/C23H23ClN2O3/c24-17-3-5-18(6-4-17)25-21(27)23(11-1-12-23)16-2-9-20-15(14-16)10-13-26(20)22(28)29-19-7-8-19/h2-6,9,14,19H,1,7-8,10-13H2,(H,25,27). The lowest BCUT2D eigenvalue weighted by Gasteiger charge is -2.41. The molecule has 3 aliphatic rings. The van der Waals surface area contributed by atoms with Gasteiger partial charge in [-0.25, -0.2) is 4.79 Å². The third-order valence-electron chi connectivity index (χ3n) is 6.28. The van der Waals surface area contributed by atoms with Crippen LogP contribution in [-0.4, -0.2) is 24.6 Å². The van der Waals surface area contributed by atoms with Crippen molar-refractivity contribution in [3.05, 3.63) is 58.6 Å². The van der Waals surface area contributed by atoms with Gasteiger partial charge >= 0.3 is 6.09 Å². The molecular formula is C23H23ClN2O3. The quantitative estimate of drug-likeness (QED) is 0.766. The highest BCUT2D eigenvalue weighted by Crippen LogP contribution is 2.46. The monoisotopic (exact) mass is 410 g/mol. The topological polar surface area (TPSA) is 58.6 Å². The number of hydrogen-bond acceptors (Lipinski definition) is 3. The molecule has 2 aromatic rings. The second-order valence-corrected chi connectivity index (χ2v) is 8.66. The summed E-state index contributed by atoms with van der Waals surface area (Å²) in [6, 6.07) is 13.3. The minimum absolute atomic E-state index is 0.0222. The molecule has 1 aliphatic heterocycles. The maximum absolute atomic E-state index is 13.2. The van der Waals surface area contributed by atoms with Gasteiger partial charge in [-0.1, -0.05) is 30.2 Å². The smallest absolute Gasteiger partial charge is 0.414 e. The number of benzene rings is 2. The van der Waals surface area contributed by atoms with Crippen LogP contribution in [0.15, 0.2) is 42.5 Å². The third kappa shape index (κ3) is 3.38. The van der Waals surface area contributed by atoms with Crippen molar-refractivity contribution >= 4 is 35.0 Å². The first-order valence-corrected chi connectivity index (χ1v) is 10.6. The molecule has 0 spiro atoms. The number of rotatable bonds is 4. The van der Waals surface area contributed by atoms with E-state index >= 15 is 0 Å². The van der Waals surface area contributed by atoms with E-state index in [1.165, 1.54) is 0 Å². The number of amides is 2. The Hall–Kier alpha value is -2.53. The van der Waals surface area contributed by atoms with Gasteiger partial charge in [-0.3, -0.25) is 9.69 Å². The highest BCUT2D eigenvalue weighted by Gasteiger charge is 2.46. The van der Waals surface area contributed by atoms with Crippen LogP contribution in [0.25, 0.3) is 0 Å². The molecule has 29 heavy (non-hydrogen) atoms. The Morgan fingerprint density at radius 2 is 1.86 bits per heavy atom. The molecule has 1 N–H and O–H groups in total. The van der Waals surface area contributed by atoms with Gasteiger partial charge in [0, 0.05) is 17.3 Å². The third-order valence-corrected chi connectivity index (χ3v) is 6.54. The van der Waals surface area contributed by atoms with E-state index in [9.17, 15) is 9.59 Å². The first-order chi connectivity index (χ1) is 14.0. The Morgan fingerprint density at radius 1 is 1.10 bits per heavy atom. The van der Waals surface area contributed by atoms with Gasteiger partial charge in [0.05, 0.1) is 11.1 Å². The van der Waals surface area contributed by atoms with Crippen LogP contribution in [-0.2, 0) is 21.4 Å². The van der Waals surface area contributed by atoms with Crippen LogP contribution in [0.5, 0.6) is 0 Å². The van der Waals surface area contributed by atoms with Gasteiger partial charge in [0.25, 0.3) is 0 Å². The minimum Gasteiger partial charge on any atom is -0.446 e. The van der Waals surface area contributed by atoms with Gasteiger partial charge in [-0.15, -0.1) is 0 Å². The summed E-state index contributed by atoms with van der Waals surface area (Å²) in [4.78, 5) is 27.3. The summed E-state index contributed by atoms with van der Waals surface area (Å²) in [5, 5.41) is 3.69. The van der Waals surface area contributed by atoms with Gasteiger partial charge in [0.15, 0.2) is 0 Å². The lowest BCUT2D eigenvalue weighted by atomic mass is 9.63. The molecule has 0 radical (unpaired) electrons. The molecule has 6 heteroatoms. The van der Waals surface area contributed by atoms with E-state index in [1.54, 1.807) is 17.0 Å². The highest BCUT2D eigenvalue weighted by molar-refractivity contribution is 6.30. The molecule has 1 heterocycles. The van der Waals surface area contributed by atoms with E-state index in [0.29, 0.717) is 11.6 Å². The van der Waals surface area contributed by atoms with Crippen LogP contribution < -0.4 is 10.2 Å². The summed E-state index contributed by atoms with van der Waals surface area (Å²) in [6.45, 7) is 0.633. The Kier molecular flexibility index (Phi) is 4.50. The van der Waals surface area contributed by atoms with Crippen molar-refractivity contribution in [3.8, 4) is 0 Å². The first kappa shape index (κ1) is 18.5. The highest BCUT2D eigenvalue weighted by atomic mass is 35.5. The molecule has 0 atom stereocenters. The molecule has 2 aromatic carbocycles. The lowest BCUT2D eigenvalue weighted by Crippen LogP contribution is -2.46. The van der Waals surface area contributed by atoms with Crippen molar-refractivity contribution in [2.75, 3.05) is 16.8 Å². The summed E-state index contributed by atoms with van der Waals surface area (Å²) in [7, 11) is 0.